The van der Waals surface area contributed by atoms with Gasteiger partial charge in [-0.3, -0.25) is 0 Å². The van der Waals surface area contributed by atoms with Crippen molar-refractivity contribution in [3.05, 3.63) is 44.9 Å². The molecule has 2 aromatic rings. The molecule has 3 atom stereocenters. The number of benzene rings is 1. The van der Waals surface area contributed by atoms with E-state index in [1.807, 2.05) is 18.2 Å². The fraction of sp³-hybridized carbons (Fsp3) is 0.412. The molecule has 2 saturated carbocycles. The van der Waals surface area contributed by atoms with Crippen molar-refractivity contribution >= 4 is 34.2 Å². The van der Waals surface area contributed by atoms with Crippen molar-refractivity contribution in [2.24, 2.45) is 11.8 Å². The molecule has 1 heterocycles. The van der Waals surface area contributed by atoms with Gasteiger partial charge in [0.15, 0.2) is 0 Å². The van der Waals surface area contributed by atoms with Gasteiger partial charge in [-0.1, -0.05) is 48.4 Å². The topological polar surface area (TPSA) is 25.8 Å². The quantitative estimate of drug-likeness (QED) is 0.495. The standard InChI is InChI=1S/C17H16ClIN2/c18-16-14(19)15(11-4-2-1-3-5-11)20-17(21-16)13-9-10-6-7-12(13)8-10/h1-5,10,12-13H,6-9H2. The Balaban J connectivity index is 1.78. The molecule has 0 spiro atoms. The monoisotopic (exact) mass is 410 g/mol. The average molecular weight is 411 g/mol. The maximum atomic E-state index is 6.39. The molecule has 0 radical (unpaired) electrons. The SMILES string of the molecule is Clc1nc(C2CC3CCC2C3)nc(-c2ccccc2)c1I. The first kappa shape index (κ1) is 13.9. The second-order valence-corrected chi connectivity index (χ2v) is 7.62. The number of rotatable bonds is 2. The van der Waals surface area contributed by atoms with Crippen LogP contribution in [0, 0.1) is 15.4 Å². The Kier molecular flexibility index (Phi) is 3.66. The van der Waals surface area contributed by atoms with Crippen LogP contribution < -0.4 is 0 Å². The third-order valence-corrected chi connectivity index (χ3v) is 6.56. The van der Waals surface area contributed by atoms with Gasteiger partial charge < -0.3 is 0 Å². The summed E-state index contributed by atoms with van der Waals surface area (Å²) in [6.07, 6.45) is 5.34. The minimum Gasteiger partial charge on any atom is -0.231 e. The molecule has 0 saturated heterocycles. The molecule has 1 aromatic carbocycles. The summed E-state index contributed by atoms with van der Waals surface area (Å²) in [7, 11) is 0. The van der Waals surface area contributed by atoms with E-state index in [-0.39, 0.29) is 0 Å². The minimum absolute atomic E-state index is 0.515. The van der Waals surface area contributed by atoms with Crippen molar-refractivity contribution in [3.8, 4) is 11.3 Å². The zero-order valence-corrected chi connectivity index (χ0v) is 14.5. The molecule has 0 aliphatic heterocycles. The molecule has 108 valence electrons. The summed E-state index contributed by atoms with van der Waals surface area (Å²) in [5.41, 5.74) is 2.10. The lowest BCUT2D eigenvalue weighted by Gasteiger charge is -2.21. The first-order chi connectivity index (χ1) is 10.2. The van der Waals surface area contributed by atoms with E-state index in [0.29, 0.717) is 11.1 Å². The largest absolute Gasteiger partial charge is 0.231 e. The molecule has 0 N–H and O–H groups in total. The van der Waals surface area contributed by atoms with E-state index in [2.05, 4.69) is 39.7 Å². The van der Waals surface area contributed by atoms with Crippen LogP contribution in [-0.4, -0.2) is 9.97 Å². The molecule has 2 aliphatic rings. The van der Waals surface area contributed by atoms with Gasteiger partial charge in [0.25, 0.3) is 0 Å². The van der Waals surface area contributed by atoms with E-state index in [1.54, 1.807) is 0 Å². The maximum Gasteiger partial charge on any atom is 0.146 e. The van der Waals surface area contributed by atoms with E-state index < -0.39 is 0 Å². The second kappa shape index (κ2) is 5.51. The summed E-state index contributed by atoms with van der Waals surface area (Å²) in [6.45, 7) is 0. The average Bonchev–Trinajstić information content (AvgIpc) is 3.13. The van der Waals surface area contributed by atoms with Crippen molar-refractivity contribution in [2.45, 2.75) is 31.6 Å². The molecule has 3 unspecified atom stereocenters. The van der Waals surface area contributed by atoms with Crippen LogP contribution in [0.5, 0.6) is 0 Å². The minimum atomic E-state index is 0.515. The Labute approximate surface area is 143 Å². The van der Waals surface area contributed by atoms with Crippen molar-refractivity contribution in [1.29, 1.82) is 0 Å². The van der Waals surface area contributed by atoms with E-state index in [1.165, 1.54) is 25.7 Å². The molecule has 2 bridgehead atoms. The number of nitrogens with zero attached hydrogens (tertiary/aromatic N) is 2. The van der Waals surface area contributed by atoms with Gasteiger partial charge in [-0.2, -0.15) is 0 Å². The van der Waals surface area contributed by atoms with Crippen molar-refractivity contribution in [1.82, 2.24) is 9.97 Å². The van der Waals surface area contributed by atoms with Gasteiger partial charge in [0, 0.05) is 11.5 Å². The van der Waals surface area contributed by atoms with E-state index in [9.17, 15) is 0 Å². The molecular weight excluding hydrogens is 395 g/mol. The zero-order valence-electron chi connectivity index (χ0n) is 11.6. The lowest BCUT2D eigenvalue weighted by atomic mass is 9.88. The Morgan fingerprint density at radius 3 is 2.52 bits per heavy atom. The predicted octanol–water partition coefficient (Wildman–Crippen LogP) is 5.31. The smallest absolute Gasteiger partial charge is 0.146 e. The molecule has 21 heavy (non-hydrogen) atoms. The molecule has 2 fully saturated rings. The fourth-order valence-corrected chi connectivity index (χ4v) is 4.68. The van der Waals surface area contributed by atoms with Gasteiger partial charge >= 0.3 is 0 Å². The molecule has 0 amide bonds. The number of aromatic nitrogens is 2. The summed E-state index contributed by atoms with van der Waals surface area (Å²) in [6, 6.07) is 10.3. The van der Waals surface area contributed by atoms with Crippen LogP contribution in [0.2, 0.25) is 5.15 Å². The summed E-state index contributed by atoms with van der Waals surface area (Å²) in [4.78, 5) is 9.51. The zero-order chi connectivity index (χ0) is 14.4. The molecule has 4 heteroatoms. The highest BCUT2D eigenvalue weighted by Gasteiger charge is 2.41. The number of fused-ring (bicyclic) bond motifs is 2. The van der Waals surface area contributed by atoms with Gasteiger partial charge in [-0.25, -0.2) is 9.97 Å². The van der Waals surface area contributed by atoms with Crippen molar-refractivity contribution in [2.75, 3.05) is 0 Å². The van der Waals surface area contributed by atoms with Gasteiger partial charge in [0.05, 0.1) is 9.26 Å². The molecular formula is C17H16ClIN2. The lowest BCUT2D eigenvalue weighted by Crippen LogP contribution is -2.13. The van der Waals surface area contributed by atoms with Crippen LogP contribution in [0.15, 0.2) is 30.3 Å². The Hall–Kier alpha value is -0.680. The summed E-state index contributed by atoms with van der Waals surface area (Å²) < 4.78 is 0.951. The third kappa shape index (κ3) is 2.48. The second-order valence-electron chi connectivity index (χ2n) is 6.18. The first-order valence-electron chi connectivity index (χ1n) is 7.50. The lowest BCUT2D eigenvalue weighted by molar-refractivity contribution is 0.405. The number of hydrogen-bond donors (Lipinski definition) is 0. The summed E-state index contributed by atoms with van der Waals surface area (Å²) >= 11 is 8.65. The fourth-order valence-electron chi connectivity index (χ4n) is 3.95. The Bertz CT molecular complexity index is 674. The highest BCUT2D eigenvalue weighted by atomic mass is 127. The molecule has 1 aromatic heterocycles. The normalized spacial score (nSPS) is 27.2. The Morgan fingerprint density at radius 2 is 1.86 bits per heavy atom. The van der Waals surface area contributed by atoms with Crippen molar-refractivity contribution < 1.29 is 0 Å². The summed E-state index contributed by atoms with van der Waals surface area (Å²) in [5.74, 6) is 3.14. The van der Waals surface area contributed by atoms with Crippen LogP contribution in [0.1, 0.15) is 37.4 Å². The van der Waals surface area contributed by atoms with Gasteiger partial charge in [-0.15, -0.1) is 0 Å². The van der Waals surface area contributed by atoms with E-state index in [4.69, 9.17) is 16.6 Å². The highest BCUT2D eigenvalue weighted by molar-refractivity contribution is 14.1. The van der Waals surface area contributed by atoms with Gasteiger partial charge in [0.1, 0.15) is 11.0 Å². The number of hydrogen-bond acceptors (Lipinski definition) is 2. The molecule has 2 nitrogen and oxygen atoms in total. The van der Waals surface area contributed by atoms with Crippen LogP contribution in [0.3, 0.4) is 0 Å². The van der Waals surface area contributed by atoms with Crippen LogP contribution in [0.25, 0.3) is 11.3 Å². The first-order valence-corrected chi connectivity index (χ1v) is 8.96. The third-order valence-electron chi connectivity index (χ3n) is 4.95. The van der Waals surface area contributed by atoms with Crippen molar-refractivity contribution in [3.63, 3.8) is 0 Å². The Morgan fingerprint density at radius 1 is 1.05 bits per heavy atom. The van der Waals surface area contributed by atoms with Crippen LogP contribution in [0.4, 0.5) is 0 Å². The van der Waals surface area contributed by atoms with Gasteiger partial charge in [0.2, 0.25) is 0 Å². The highest BCUT2D eigenvalue weighted by Crippen LogP contribution is 2.52. The van der Waals surface area contributed by atoms with Gasteiger partial charge in [-0.05, 0) is 53.7 Å². The van der Waals surface area contributed by atoms with Crippen LogP contribution >= 0.6 is 34.2 Å². The van der Waals surface area contributed by atoms with Crippen LogP contribution in [-0.2, 0) is 0 Å². The summed E-state index contributed by atoms with van der Waals surface area (Å²) in [5, 5.41) is 0.599. The number of halogens is 2. The van der Waals surface area contributed by atoms with E-state index >= 15 is 0 Å². The van der Waals surface area contributed by atoms with E-state index in [0.717, 1.165) is 32.5 Å². The predicted molar refractivity (Wildman–Crippen MR) is 93.4 cm³/mol. The molecule has 4 rings (SSSR count). The molecule has 2 aliphatic carbocycles. The maximum absolute atomic E-state index is 6.39.